The number of nitrogens with zero attached hydrogens (tertiary/aromatic N) is 1. The summed E-state index contributed by atoms with van der Waals surface area (Å²) in [5.74, 6) is -1.75. The first-order valence-electron chi connectivity index (χ1n) is 5.45. The van der Waals surface area contributed by atoms with Crippen LogP contribution in [0, 0.1) is 0 Å². The second-order valence-electron chi connectivity index (χ2n) is 3.89. The maximum Gasteiger partial charge on any atom is 0.337 e. The predicted molar refractivity (Wildman–Crippen MR) is 72.3 cm³/mol. The van der Waals surface area contributed by atoms with Gasteiger partial charge in [-0.1, -0.05) is 11.6 Å². The van der Waals surface area contributed by atoms with Gasteiger partial charge < -0.3 is 15.5 Å². The average molecular weight is 293 g/mol. The van der Waals surface area contributed by atoms with Gasteiger partial charge in [0, 0.05) is 11.8 Å². The number of hydrogen-bond acceptors (Lipinski definition) is 4. The Labute approximate surface area is 118 Å². The van der Waals surface area contributed by atoms with E-state index in [1.807, 2.05) is 0 Å². The Hall–Kier alpha value is -2.60. The number of aromatic hydroxyl groups is 1. The summed E-state index contributed by atoms with van der Waals surface area (Å²) in [5.41, 5.74) is 0.444. The molecule has 0 aliphatic heterocycles. The van der Waals surface area contributed by atoms with E-state index in [1.165, 1.54) is 36.7 Å². The molecule has 2 rings (SSSR count). The van der Waals surface area contributed by atoms with Gasteiger partial charge in [0.15, 0.2) is 0 Å². The van der Waals surface area contributed by atoms with E-state index in [0.29, 0.717) is 0 Å². The number of phenolic OH excluding ortho intramolecular Hbond substituents is 1. The number of nitrogens with one attached hydrogen (secondary N) is 1. The lowest BCUT2D eigenvalue weighted by Gasteiger charge is -2.06. The second-order valence-corrected chi connectivity index (χ2v) is 4.29. The number of aromatic carboxylic acids is 1. The van der Waals surface area contributed by atoms with Crippen LogP contribution in [0.15, 0.2) is 36.7 Å². The molecule has 0 spiro atoms. The number of carbonyl (C=O) groups is 2. The average Bonchev–Trinajstić information content (AvgIpc) is 2.42. The van der Waals surface area contributed by atoms with Crippen molar-refractivity contribution in [3.8, 4) is 5.75 Å². The largest absolute Gasteiger partial charge is 0.506 e. The molecule has 2 aromatic rings. The molecule has 102 valence electrons. The molecule has 1 aromatic carbocycles. The Morgan fingerprint density at radius 3 is 2.55 bits per heavy atom. The maximum atomic E-state index is 11.9. The normalized spacial score (nSPS) is 10.1. The Bertz CT molecular complexity index is 688. The van der Waals surface area contributed by atoms with Crippen molar-refractivity contribution < 1.29 is 19.8 Å². The van der Waals surface area contributed by atoms with Crippen LogP contribution in [0.5, 0.6) is 5.75 Å². The Morgan fingerprint density at radius 2 is 1.90 bits per heavy atom. The maximum absolute atomic E-state index is 11.9. The van der Waals surface area contributed by atoms with Crippen LogP contribution in [0.1, 0.15) is 20.7 Å². The highest BCUT2D eigenvalue weighted by Gasteiger charge is 2.10. The summed E-state index contributed by atoms with van der Waals surface area (Å²) in [5, 5.41) is 20.6. The first kappa shape index (κ1) is 13.8. The number of phenols is 1. The summed E-state index contributed by atoms with van der Waals surface area (Å²) >= 11 is 5.71. The molecule has 0 unspecified atom stereocenters. The van der Waals surface area contributed by atoms with Crippen LogP contribution in [0.4, 0.5) is 5.69 Å². The second kappa shape index (κ2) is 5.58. The van der Waals surface area contributed by atoms with Crippen molar-refractivity contribution in [3.63, 3.8) is 0 Å². The first-order chi connectivity index (χ1) is 9.47. The van der Waals surface area contributed by atoms with Gasteiger partial charge in [-0.25, -0.2) is 4.79 Å². The van der Waals surface area contributed by atoms with Crippen LogP contribution in [-0.4, -0.2) is 27.1 Å². The molecule has 0 saturated carbocycles. The van der Waals surface area contributed by atoms with E-state index in [1.54, 1.807) is 0 Å². The fraction of sp³-hybridized carbons (Fsp3) is 0. The van der Waals surface area contributed by atoms with E-state index in [0.717, 1.165) is 0 Å². The highest BCUT2D eigenvalue weighted by atomic mass is 35.5. The number of amides is 1. The Balaban J connectivity index is 2.21. The topological polar surface area (TPSA) is 99.5 Å². The van der Waals surface area contributed by atoms with Crippen molar-refractivity contribution in [2.45, 2.75) is 0 Å². The van der Waals surface area contributed by atoms with Crippen molar-refractivity contribution in [3.05, 3.63) is 52.8 Å². The molecule has 3 N–H and O–H groups in total. The highest BCUT2D eigenvalue weighted by molar-refractivity contribution is 6.32. The fourth-order valence-electron chi connectivity index (χ4n) is 1.48. The van der Waals surface area contributed by atoms with Crippen molar-refractivity contribution in [2.24, 2.45) is 0 Å². The van der Waals surface area contributed by atoms with Gasteiger partial charge in [0.2, 0.25) is 0 Å². The molecule has 0 saturated heterocycles. The smallest absolute Gasteiger partial charge is 0.337 e. The van der Waals surface area contributed by atoms with Gasteiger partial charge in [-0.05, 0) is 24.3 Å². The summed E-state index contributed by atoms with van der Waals surface area (Å²) in [4.78, 5) is 26.4. The molecular formula is C13H9ClN2O4. The summed E-state index contributed by atoms with van der Waals surface area (Å²) in [6.45, 7) is 0. The number of halogens is 1. The van der Waals surface area contributed by atoms with Gasteiger partial charge in [-0.15, -0.1) is 0 Å². The third kappa shape index (κ3) is 3.04. The molecule has 1 aromatic heterocycles. The van der Waals surface area contributed by atoms with Crippen molar-refractivity contribution in [1.29, 1.82) is 0 Å². The molecule has 0 aliphatic rings. The van der Waals surface area contributed by atoms with Gasteiger partial charge in [0.25, 0.3) is 5.91 Å². The van der Waals surface area contributed by atoms with Gasteiger partial charge in [0.05, 0.1) is 22.5 Å². The lowest BCUT2D eigenvalue weighted by atomic mass is 10.2. The molecule has 0 radical (unpaired) electrons. The van der Waals surface area contributed by atoms with E-state index in [2.05, 4.69) is 10.3 Å². The molecule has 6 nitrogen and oxygen atoms in total. The van der Waals surface area contributed by atoms with Crippen molar-refractivity contribution >= 4 is 29.2 Å². The third-order valence-electron chi connectivity index (χ3n) is 2.45. The summed E-state index contributed by atoms with van der Waals surface area (Å²) in [6, 6.07) is 5.28. The zero-order valence-electron chi connectivity index (χ0n) is 10.0. The van der Waals surface area contributed by atoms with Crippen LogP contribution in [0.3, 0.4) is 0 Å². The number of hydrogen-bond donors (Lipinski definition) is 3. The summed E-state index contributed by atoms with van der Waals surface area (Å²) in [7, 11) is 0. The molecule has 7 heteroatoms. The summed E-state index contributed by atoms with van der Waals surface area (Å²) < 4.78 is 0. The number of anilines is 1. The molecule has 0 bridgehead atoms. The zero-order chi connectivity index (χ0) is 14.7. The van der Waals surface area contributed by atoms with Crippen LogP contribution < -0.4 is 5.32 Å². The number of pyridine rings is 1. The number of carboxylic acids is 1. The number of rotatable bonds is 3. The van der Waals surface area contributed by atoms with Gasteiger partial charge in [-0.3, -0.25) is 9.78 Å². The molecule has 0 atom stereocenters. The monoisotopic (exact) mass is 292 g/mol. The zero-order valence-corrected chi connectivity index (χ0v) is 10.8. The van der Waals surface area contributed by atoms with Gasteiger partial charge in [0.1, 0.15) is 5.75 Å². The van der Waals surface area contributed by atoms with E-state index < -0.39 is 11.9 Å². The molecule has 20 heavy (non-hydrogen) atoms. The van der Waals surface area contributed by atoms with Gasteiger partial charge >= 0.3 is 5.97 Å². The SMILES string of the molecule is O=C(O)c1cncc(NC(=O)c2ccc(O)c(Cl)c2)c1. The minimum absolute atomic E-state index is 0.0356. The lowest BCUT2D eigenvalue weighted by molar-refractivity contribution is 0.0696. The molecule has 0 aliphatic carbocycles. The molecule has 0 fully saturated rings. The minimum atomic E-state index is -1.14. The van der Waals surface area contributed by atoms with Crippen LogP contribution >= 0.6 is 11.6 Å². The molecule has 1 amide bonds. The molecular weight excluding hydrogens is 284 g/mol. The van der Waals surface area contributed by atoms with Crippen LogP contribution in [0.2, 0.25) is 5.02 Å². The lowest BCUT2D eigenvalue weighted by Crippen LogP contribution is -2.12. The van der Waals surface area contributed by atoms with E-state index in [9.17, 15) is 14.7 Å². The van der Waals surface area contributed by atoms with Gasteiger partial charge in [-0.2, -0.15) is 0 Å². The van der Waals surface area contributed by atoms with E-state index >= 15 is 0 Å². The van der Waals surface area contributed by atoms with E-state index in [-0.39, 0.29) is 27.6 Å². The number of carboxylic acid groups (broad SMARTS) is 1. The van der Waals surface area contributed by atoms with Crippen molar-refractivity contribution in [2.75, 3.05) is 5.32 Å². The third-order valence-corrected chi connectivity index (χ3v) is 2.76. The fourth-order valence-corrected chi connectivity index (χ4v) is 1.66. The number of benzene rings is 1. The predicted octanol–water partition coefficient (Wildman–Crippen LogP) is 2.39. The quantitative estimate of drug-likeness (QED) is 0.806. The highest BCUT2D eigenvalue weighted by Crippen LogP contribution is 2.24. The van der Waals surface area contributed by atoms with Crippen molar-refractivity contribution in [1.82, 2.24) is 4.98 Å². The van der Waals surface area contributed by atoms with E-state index in [4.69, 9.17) is 16.7 Å². The standard InChI is InChI=1S/C13H9ClN2O4/c14-10-4-7(1-2-11(10)17)12(18)16-9-3-8(13(19)20)5-15-6-9/h1-6,17H,(H,16,18)(H,19,20). The first-order valence-corrected chi connectivity index (χ1v) is 5.83. The molecule has 1 heterocycles. The van der Waals surface area contributed by atoms with Crippen LogP contribution in [0.25, 0.3) is 0 Å². The Kier molecular flexibility index (Phi) is 3.86. The number of carbonyl (C=O) groups excluding carboxylic acids is 1. The Morgan fingerprint density at radius 1 is 1.15 bits per heavy atom. The van der Waals surface area contributed by atoms with Crippen LogP contribution in [-0.2, 0) is 0 Å². The minimum Gasteiger partial charge on any atom is -0.506 e. The number of aromatic nitrogens is 1. The summed E-state index contributed by atoms with van der Waals surface area (Å²) in [6.07, 6.45) is 2.50.